The molecule has 1 amide bonds. The van der Waals surface area contributed by atoms with E-state index in [0.29, 0.717) is 0 Å². The number of amides is 1. The molecule has 2 N–H and O–H groups in total. The van der Waals surface area contributed by atoms with E-state index in [1.807, 2.05) is 0 Å². The van der Waals surface area contributed by atoms with E-state index in [4.69, 9.17) is 0 Å². The molecule has 2 aliphatic carbocycles. The third-order valence-corrected chi connectivity index (χ3v) is 5.51. The summed E-state index contributed by atoms with van der Waals surface area (Å²) in [5, 5.41) is 3.81. The molecule has 0 fully saturated rings. The number of fused-ring (bicyclic) bond motifs is 2. The predicted molar refractivity (Wildman–Crippen MR) is 81.5 cm³/mol. The fourth-order valence-electron chi connectivity index (χ4n) is 3.24. The minimum atomic E-state index is 0.0267. The summed E-state index contributed by atoms with van der Waals surface area (Å²) in [4.78, 5) is 25.8. The second-order valence-electron chi connectivity index (χ2n) is 5.85. The molecule has 4 rings (SSSR count). The molecule has 0 aliphatic heterocycles. The van der Waals surface area contributed by atoms with Crippen molar-refractivity contribution in [3.8, 4) is 0 Å². The first-order valence-corrected chi connectivity index (χ1v) is 8.42. The number of rotatable bonds is 2. The van der Waals surface area contributed by atoms with Gasteiger partial charge in [0.1, 0.15) is 0 Å². The molecule has 2 aromatic rings. The van der Waals surface area contributed by atoms with Crippen LogP contribution in [0.25, 0.3) is 0 Å². The number of carbonyl (C=O) groups is 1. The molecule has 0 saturated heterocycles. The monoisotopic (exact) mass is 302 g/mol. The van der Waals surface area contributed by atoms with Gasteiger partial charge in [-0.05, 0) is 38.5 Å². The van der Waals surface area contributed by atoms with Gasteiger partial charge in [-0.3, -0.25) is 4.79 Å². The highest BCUT2D eigenvalue weighted by molar-refractivity contribution is 7.15. The molecule has 1 atom stereocenters. The van der Waals surface area contributed by atoms with Gasteiger partial charge in [0.15, 0.2) is 5.13 Å². The molecule has 6 heteroatoms. The van der Waals surface area contributed by atoms with Gasteiger partial charge in [-0.1, -0.05) is 0 Å². The SMILES string of the molecule is O=C(Nc1nc2c(s1)CCCC2)C1CCc2nc[nH]c2C1. The lowest BCUT2D eigenvalue weighted by Gasteiger charge is -2.19. The minimum Gasteiger partial charge on any atom is -0.348 e. The number of anilines is 1. The average Bonchev–Trinajstić information content (AvgIpc) is 3.11. The van der Waals surface area contributed by atoms with Crippen LogP contribution in [0.1, 0.15) is 41.2 Å². The van der Waals surface area contributed by atoms with Crippen molar-refractivity contribution in [1.29, 1.82) is 0 Å². The van der Waals surface area contributed by atoms with E-state index in [0.717, 1.165) is 48.6 Å². The number of aromatic amines is 1. The van der Waals surface area contributed by atoms with Gasteiger partial charge in [0.25, 0.3) is 0 Å². The first-order valence-electron chi connectivity index (χ1n) is 7.60. The van der Waals surface area contributed by atoms with Gasteiger partial charge < -0.3 is 10.3 Å². The Kier molecular flexibility index (Phi) is 3.25. The Morgan fingerprint density at radius 2 is 2.19 bits per heavy atom. The predicted octanol–water partition coefficient (Wildman–Crippen LogP) is 2.49. The highest BCUT2D eigenvalue weighted by atomic mass is 32.1. The first-order chi connectivity index (χ1) is 10.3. The molecule has 0 radical (unpaired) electrons. The number of aryl methyl sites for hydroxylation is 3. The summed E-state index contributed by atoms with van der Waals surface area (Å²) in [5.74, 6) is 0.125. The molecule has 0 spiro atoms. The largest absolute Gasteiger partial charge is 0.348 e. The topological polar surface area (TPSA) is 70.7 Å². The standard InChI is InChI=1S/C15H18N4OS/c20-14(9-5-6-10-12(7-9)17-8-16-10)19-15-18-11-3-1-2-4-13(11)21-15/h8-9H,1-7H2,(H,16,17)(H,18,19,20). The van der Waals surface area contributed by atoms with E-state index in [9.17, 15) is 4.79 Å². The number of hydrogen-bond acceptors (Lipinski definition) is 4. The van der Waals surface area contributed by atoms with Crippen LogP contribution >= 0.6 is 11.3 Å². The summed E-state index contributed by atoms with van der Waals surface area (Å²) in [6, 6.07) is 0. The van der Waals surface area contributed by atoms with Gasteiger partial charge >= 0.3 is 0 Å². The van der Waals surface area contributed by atoms with Crippen LogP contribution in [0.5, 0.6) is 0 Å². The molecule has 1 unspecified atom stereocenters. The van der Waals surface area contributed by atoms with Crippen LogP contribution in [0.15, 0.2) is 6.33 Å². The van der Waals surface area contributed by atoms with Gasteiger partial charge in [0.05, 0.1) is 17.7 Å². The van der Waals surface area contributed by atoms with Gasteiger partial charge in [-0.25, -0.2) is 9.97 Å². The molecule has 2 aromatic heterocycles. The van der Waals surface area contributed by atoms with Crippen LogP contribution in [0.2, 0.25) is 0 Å². The summed E-state index contributed by atoms with van der Waals surface area (Å²) >= 11 is 1.65. The van der Waals surface area contributed by atoms with Crippen molar-refractivity contribution in [1.82, 2.24) is 15.0 Å². The van der Waals surface area contributed by atoms with E-state index < -0.39 is 0 Å². The zero-order valence-electron chi connectivity index (χ0n) is 11.8. The molecule has 110 valence electrons. The lowest BCUT2D eigenvalue weighted by molar-refractivity contribution is -0.120. The molecule has 0 bridgehead atoms. The van der Waals surface area contributed by atoms with E-state index in [1.165, 1.54) is 23.4 Å². The van der Waals surface area contributed by atoms with E-state index in [-0.39, 0.29) is 11.8 Å². The highest BCUT2D eigenvalue weighted by Crippen LogP contribution is 2.30. The van der Waals surface area contributed by atoms with Gasteiger partial charge in [0, 0.05) is 22.9 Å². The summed E-state index contributed by atoms with van der Waals surface area (Å²) in [5.41, 5.74) is 3.42. The molecule has 21 heavy (non-hydrogen) atoms. The molecule has 0 aromatic carbocycles. The van der Waals surface area contributed by atoms with E-state index >= 15 is 0 Å². The molecule has 5 nitrogen and oxygen atoms in total. The maximum absolute atomic E-state index is 12.4. The van der Waals surface area contributed by atoms with Crippen molar-refractivity contribution < 1.29 is 4.79 Å². The minimum absolute atomic E-state index is 0.0267. The molecule has 2 aliphatic rings. The molecular weight excluding hydrogens is 284 g/mol. The fourth-order valence-corrected chi connectivity index (χ4v) is 4.29. The van der Waals surface area contributed by atoms with Gasteiger partial charge in [-0.2, -0.15) is 0 Å². The second kappa shape index (κ2) is 5.26. The van der Waals surface area contributed by atoms with Crippen molar-refractivity contribution in [2.45, 2.75) is 44.9 Å². The average molecular weight is 302 g/mol. The Morgan fingerprint density at radius 1 is 1.29 bits per heavy atom. The van der Waals surface area contributed by atoms with Crippen LogP contribution < -0.4 is 5.32 Å². The van der Waals surface area contributed by atoms with Crippen molar-refractivity contribution in [2.75, 3.05) is 5.32 Å². The zero-order valence-corrected chi connectivity index (χ0v) is 12.6. The van der Waals surface area contributed by atoms with Crippen molar-refractivity contribution in [3.63, 3.8) is 0 Å². The Balaban J connectivity index is 1.45. The Hall–Kier alpha value is -1.69. The van der Waals surface area contributed by atoms with Crippen LogP contribution in [-0.2, 0) is 30.5 Å². The highest BCUT2D eigenvalue weighted by Gasteiger charge is 2.27. The Labute approximate surface area is 127 Å². The number of thiazole rings is 1. The summed E-state index contributed by atoms with van der Waals surface area (Å²) in [7, 11) is 0. The quantitative estimate of drug-likeness (QED) is 0.895. The number of nitrogens with zero attached hydrogens (tertiary/aromatic N) is 2. The van der Waals surface area contributed by atoms with Crippen molar-refractivity contribution >= 4 is 22.4 Å². The molecular formula is C15H18N4OS. The van der Waals surface area contributed by atoms with Gasteiger partial charge in [0.2, 0.25) is 5.91 Å². The van der Waals surface area contributed by atoms with Crippen LogP contribution in [0.4, 0.5) is 5.13 Å². The fraction of sp³-hybridized carbons (Fsp3) is 0.533. The van der Waals surface area contributed by atoms with Crippen LogP contribution in [0.3, 0.4) is 0 Å². The number of carbonyl (C=O) groups excluding carboxylic acids is 1. The lowest BCUT2D eigenvalue weighted by atomic mass is 9.89. The number of hydrogen-bond donors (Lipinski definition) is 2. The summed E-state index contributed by atoms with van der Waals surface area (Å²) in [6.45, 7) is 0. The van der Waals surface area contributed by atoms with Gasteiger partial charge in [-0.15, -0.1) is 11.3 Å². The Morgan fingerprint density at radius 3 is 3.10 bits per heavy atom. The maximum atomic E-state index is 12.4. The summed E-state index contributed by atoms with van der Waals surface area (Å²) in [6.07, 6.45) is 8.86. The number of imidazole rings is 1. The summed E-state index contributed by atoms with van der Waals surface area (Å²) < 4.78 is 0. The molecule has 0 saturated carbocycles. The first kappa shape index (κ1) is 13.0. The maximum Gasteiger partial charge on any atom is 0.229 e. The zero-order chi connectivity index (χ0) is 14.2. The Bertz CT molecular complexity index is 652. The third kappa shape index (κ3) is 2.48. The van der Waals surface area contributed by atoms with E-state index in [2.05, 4.69) is 20.3 Å². The van der Waals surface area contributed by atoms with Crippen molar-refractivity contribution in [2.24, 2.45) is 5.92 Å². The van der Waals surface area contributed by atoms with Crippen LogP contribution in [0, 0.1) is 5.92 Å². The molecule has 2 heterocycles. The van der Waals surface area contributed by atoms with Crippen LogP contribution in [-0.4, -0.2) is 20.9 Å². The van der Waals surface area contributed by atoms with Crippen molar-refractivity contribution in [3.05, 3.63) is 28.3 Å². The number of nitrogens with one attached hydrogen (secondary N) is 2. The lowest BCUT2D eigenvalue weighted by Crippen LogP contribution is -2.28. The number of aromatic nitrogens is 3. The van der Waals surface area contributed by atoms with E-state index in [1.54, 1.807) is 17.7 Å². The second-order valence-corrected chi connectivity index (χ2v) is 6.94. The third-order valence-electron chi connectivity index (χ3n) is 4.43. The normalized spacial score (nSPS) is 20.7. The smallest absolute Gasteiger partial charge is 0.229 e. The number of H-pyrrole nitrogens is 1.